The van der Waals surface area contributed by atoms with Gasteiger partial charge in [0.25, 0.3) is 0 Å². The monoisotopic (exact) mass is 172 g/mol. The van der Waals surface area contributed by atoms with Crippen LogP contribution in [0.3, 0.4) is 0 Å². The van der Waals surface area contributed by atoms with Crippen molar-refractivity contribution in [3.63, 3.8) is 0 Å². The number of hydrogen-bond acceptors (Lipinski definition) is 3. The lowest BCUT2D eigenvalue weighted by atomic mass is 10.1. The third kappa shape index (κ3) is 2.06. The first-order valence-corrected chi connectivity index (χ1v) is 4.10. The average molecular weight is 172 g/mol. The topological polar surface area (TPSA) is 27.7 Å². The van der Waals surface area contributed by atoms with E-state index in [4.69, 9.17) is 14.5 Å². The summed E-state index contributed by atoms with van der Waals surface area (Å²) in [5.74, 6) is -0.647. The molecule has 0 bridgehead atoms. The minimum absolute atomic E-state index is 0.00810. The molecule has 0 spiro atoms. The van der Waals surface area contributed by atoms with E-state index in [1.54, 1.807) is 0 Å². The lowest BCUT2D eigenvalue weighted by molar-refractivity contribution is -0.484. The molecule has 1 fully saturated rings. The zero-order valence-corrected chi connectivity index (χ0v) is 8.09. The van der Waals surface area contributed by atoms with Crippen molar-refractivity contribution in [3.05, 3.63) is 12.2 Å². The molecule has 12 heavy (non-hydrogen) atoms. The fraction of sp³-hybridized carbons (Fsp3) is 0.778. The molecule has 1 aliphatic rings. The normalized spacial score (nSPS) is 34.7. The molecule has 1 unspecified atom stereocenters. The van der Waals surface area contributed by atoms with E-state index in [1.165, 1.54) is 0 Å². The van der Waals surface area contributed by atoms with E-state index in [-0.39, 0.29) is 12.2 Å². The van der Waals surface area contributed by atoms with Gasteiger partial charge in [-0.1, -0.05) is 6.58 Å². The van der Waals surface area contributed by atoms with E-state index in [0.717, 1.165) is 5.57 Å². The van der Waals surface area contributed by atoms with Gasteiger partial charge in [-0.05, 0) is 33.3 Å². The van der Waals surface area contributed by atoms with E-state index < -0.39 is 5.79 Å². The maximum absolute atomic E-state index is 5.54. The predicted molar refractivity (Wildman–Crippen MR) is 45.4 cm³/mol. The van der Waals surface area contributed by atoms with Gasteiger partial charge in [0.2, 0.25) is 0 Å². The smallest absolute Gasteiger partial charge is 0.196 e. The molecule has 0 saturated carbocycles. The maximum Gasteiger partial charge on any atom is 0.196 e. The van der Waals surface area contributed by atoms with Gasteiger partial charge in [0.15, 0.2) is 5.79 Å². The molecule has 0 aromatic heterocycles. The largest absolute Gasteiger partial charge is 0.342 e. The van der Waals surface area contributed by atoms with E-state index in [0.29, 0.717) is 0 Å². The van der Waals surface area contributed by atoms with Gasteiger partial charge in [0, 0.05) is 0 Å². The predicted octanol–water partition coefficient (Wildman–Crippen LogP) is 2.03. The van der Waals surface area contributed by atoms with Crippen LogP contribution in [-0.4, -0.2) is 18.0 Å². The van der Waals surface area contributed by atoms with Crippen molar-refractivity contribution < 1.29 is 14.5 Å². The second-order valence-electron chi connectivity index (χ2n) is 3.67. The molecule has 0 amide bonds. The fourth-order valence-electron chi connectivity index (χ4n) is 1.26. The van der Waals surface area contributed by atoms with Crippen LogP contribution in [-0.2, 0) is 14.5 Å². The van der Waals surface area contributed by atoms with Gasteiger partial charge in [-0.2, -0.15) is 0 Å². The first-order chi connectivity index (χ1) is 5.42. The van der Waals surface area contributed by atoms with Crippen LogP contribution < -0.4 is 0 Å². The Morgan fingerprint density at radius 2 is 2.00 bits per heavy atom. The van der Waals surface area contributed by atoms with Crippen LogP contribution in [0.5, 0.6) is 0 Å². The van der Waals surface area contributed by atoms with Crippen molar-refractivity contribution in [1.29, 1.82) is 0 Å². The van der Waals surface area contributed by atoms with Crippen molar-refractivity contribution in [2.45, 2.75) is 45.7 Å². The molecule has 2 atom stereocenters. The summed E-state index contributed by atoms with van der Waals surface area (Å²) < 4.78 is 5.54. The van der Waals surface area contributed by atoms with Crippen molar-refractivity contribution >= 4 is 0 Å². The molecule has 0 aromatic carbocycles. The Bertz CT molecular complexity index is 186. The van der Waals surface area contributed by atoms with Gasteiger partial charge in [-0.3, -0.25) is 0 Å². The molecule has 0 aliphatic carbocycles. The highest BCUT2D eigenvalue weighted by Crippen LogP contribution is 2.26. The van der Waals surface area contributed by atoms with Gasteiger partial charge in [0.1, 0.15) is 6.10 Å². The average Bonchev–Trinajstić information content (AvgIpc) is 1.83. The summed E-state index contributed by atoms with van der Waals surface area (Å²) in [6.07, 6.45) is -0.163. The third-order valence-electron chi connectivity index (χ3n) is 1.73. The molecule has 1 saturated heterocycles. The summed E-state index contributed by atoms with van der Waals surface area (Å²) in [5, 5.41) is 0. The van der Waals surface area contributed by atoms with Gasteiger partial charge in [-0.25, -0.2) is 9.78 Å². The van der Waals surface area contributed by atoms with Crippen LogP contribution in [0.15, 0.2) is 12.2 Å². The van der Waals surface area contributed by atoms with Crippen molar-refractivity contribution in [2.24, 2.45) is 0 Å². The molecular weight excluding hydrogens is 156 g/mol. The molecule has 3 nitrogen and oxygen atoms in total. The molecule has 3 heteroatoms. The fourth-order valence-corrected chi connectivity index (χ4v) is 1.26. The Morgan fingerprint density at radius 3 is 2.42 bits per heavy atom. The summed E-state index contributed by atoms with van der Waals surface area (Å²) in [7, 11) is 0. The lowest BCUT2D eigenvalue weighted by Crippen LogP contribution is -2.46. The summed E-state index contributed by atoms with van der Waals surface area (Å²) in [6.45, 7) is 11.3. The van der Waals surface area contributed by atoms with Crippen molar-refractivity contribution in [2.75, 3.05) is 0 Å². The summed E-state index contributed by atoms with van der Waals surface area (Å²) >= 11 is 0. The van der Waals surface area contributed by atoms with Crippen LogP contribution in [0, 0.1) is 0 Å². The Balaban J connectivity index is 2.60. The van der Waals surface area contributed by atoms with Crippen molar-refractivity contribution in [1.82, 2.24) is 0 Å². The minimum Gasteiger partial charge on any atom is -0.342 e. The van der Waals surface area contributed by atoms with E-state index in [9.17, 15) is 0 Å². The third-order valence-corrected chi connectivity index (χ3v) is 1.73. The van der Waals surface area contributed by atoms with Gasteiger partial charge >= 0.3 is 0 Å². The van der Waals surface area contributed by atoms with Crippen LogP contribution in [0.25, 0.3) is 0 Å². The highest BCUT2D eigenvalue weighted by molar-refractivity contribution is 5.01. The van der Waals surface area contributed by atoms with Crippen molar-refractivity contribution in [3.8, 4) is 0 Å². The molecule has 0 aromatic rings. The molecule has 70 valence electrons. The molecule has 1 rings (SSSR count). The number of ether oxygens (including phenoxy) is 1. The van der Waals surface area contributed by atoms with E-state index in [1.807, 2.05) is 27.7 Å². The van der Waals surface area contributed by atoms with Crippen LogP contribution >= 0.6 is 0 Å². The summed E-state index contributed by atoms with van der Waals surface area (Å²) in [4.78, 5) is 10.2. The first-order valence-electron chi connectivity index (χ1n) is 4.10. The standard InChI is InChI=1S/C9H16O3/c1-6(2)8-7(3)10-9(4,5)12-11-8/h7-8H,1H2,2-5H3/t7-,8?/m0/s1. The maximum atomic E-state index is 5.54. The zero-order valence-electron chi connectivity index (χ0n) is 8.09. The number of hydrogen-bond donors (Lipinski definition) is 0. The summed E-state index contributed by atoms with van der Waals surface area (Å²) in [5.41, 5.74) is 0.915. The highest BCUT2D eigenvalue weighted by atomic mass is 17.2. The minimum atomic E-state index is -0.647. The quantitative estimate of drug-likeness (QED) is 0.447. The highest BCUT2D eigenvalue weighted by Gasteiger charge is 2.35. The van der Waals surface area contributed by atoms with Crippen LogP contribution in [0.2, 0.25) is 0 Å². The Hall–Kier alpha value is -0.380. The second kappa shape index (κ2) is 3.17. The SMILES string of the molecule is C=C(C)C1OOC(C)(C)O[C@H]1C. The Labute approximate surface area is 73.2 Å². The zero-order chi connectivity index (χ0) is 9.35. The van der Waals surface area contributed by atoms with Crippen LogP contribution in [0.4, 0.5) is 0 Å². The van der Waals surface area contributed by atoms with E-state index in [2.05, 4.69) is 6.58 Å². The number of rotatable bonds is 1. The molecule has 1 heterocycles. The van der Waals surface area contributed by atoms with Crippen LogP contribution in [0.1, 0.15) is 27.7 Å². The lowest BCUT2D eigenvalue weighted by Gasteiger charge is -2.38. The first kappa shape index (κ1) is 9.71. The van der Waals surface area contributed by atoms with Gasteiger partial charge < -0.3 is 4.74 Å². The molecule has 0 radical (unpaired) electrons. The molecule has 0 N–H and O–H groups in total. The van der Waals surface area contributed by atoms with Gasteiger partial charge in [-0.15, -0.1) is 0 Å². The molecular formula is C9H16O3. The second-order valence-corrected chi connectivity index (χ2v) is 3.67. The summed E-state index contributed by atoms with van der Waals surface area (Å²) in [6, 6.07) is 0. The van der Waals surface area contributed by atoms with Gasteiger partial charge in [0.05, 0.1) is 6.10 Å². The Morgan fingerprint density at radius 1 is 1.42 bits per heavy atom. The Kier molecular flexibility index (Phi) is 2.56. The molecule has 1 aliphatic heterocycles. The van der Waals surface area contributed by atoms with E-state index >= 15 is 0 Å².